The summed E-state index contributed by atoms with van der Waals surface area (Å²) in [6, 6.07) is 22.3. The van der Waals surface area contributed by atoms with Crippen molar-refractivity contribution in [2.24, 2.45) is 23.7 Å². The molecule has 4 fully saturated rings. The minimum atomic E-state index is -0.692. The average Bonchev–Trinajstić information content (AvgIpc) is 3.93. The van der Waals surface area contributed by atoms with Crippen LogP contribution in [0.2, 0.25) is 0 Å². The van der Waals surface area contributed by atoms with Gasteiger partial charge in [-0.05, 0) is 125 Å². The molecule has 6 aromatic rings. The second-order valence-corrected chi connectivity index (χ2v) is 19.6. The maximum Gasteiger partial charge on any atom is 0.407 e. The van der Waals surface area contributed by atoms with E-state index in [2.05, 4.69) is 101 Å². The van der Waals surface area contributed by atoms with E-state index in [1.54, 1.807) is 0 Å². The Kier molecular flexibility index (Phi) is 10.9. The number of amides is 4. The number of hydrogen-bond acceptors (Lipinski definition) is 8. The summed E-state index contributed by atoms with van der Waals surface area (Å²) < 4.78 is 9.68. The second-order valence-electron chi connectivity index (χ2n) is 19.6. The molecule has 8 atom stereocenters. The first kappa shape index (κ1) is 43.2. The van der Waals surface area contributed by atoms with Crippen LogP contribution in [0, 0.1) is 37.5 Å². The van der Waals surface area contributed by atoms with Crippen LogP contribution >= 0.6 is 0 Å². The molecule has 2 aliphatic heterocycles. The van der Waals surface area contributed by atoms with Crippen molar-refractivity contribution in [3.05, 3.63) is 95.7 Å². The summed E-state index contributed by atoms with van der Waals surface area (Å²) in [5.74, 6) is 1.97. The maximum atomic E-state index is 14.0. The minimum absolute atomic E-state index is 0.0982. The number of aromatic nitrogens is 4. The van der Waals surface area contributed by atoms with Crippen molar-refractivity contribution in [2.75, 3.05) is 14.2 Å². The number of aromatic amines is 2. The number of imidazole rings is 2. The zero-order chi connectivity index (χ0) is 46.3. The lowest BCUT2D eigenvalue weighted by atomic mass is 9.87. The summed E-state index contributed by atoms with van der Waals surface area (Å²) in [7, 11) is 2.62. The fraction of sp³-hybridized carbons (Fsp3) is 0.423. The molecule has 342 valence electrons. The Balaban J connectivity index is 0.913. The van der Waals surface area contributed by atoms with E-state index in [1.165, 1.54) is 36.1 Å². The molecule has 4 N–H and O–H groups in total. The number of carbonyl (C=O) groups is 4. The number of alkyl carbamates (subject to hydrolysis) is 2. The first-order valence-electron chi connectivity index (χ1n) is 23.3. The van der Waals surface area contributed by atoms with E-state index in [0.29, 0.717) is 11.8 Å². The predicted octanol–water partition coefficient (Wildman–Crippen LogP) is 9.14. The number of aryl methyl sites for hydroxylation is 2. The molecular weight excluding hydrogens is 833 g/mol. The minimum Gasteiger partial charge on any atom is -0.453 e. The lowest BCUT2D eigenvalue weighted by Crippen LogP contribution is -2.52. The first-order chi connectivity index (χ1) is 31.7. The molecule has 0 spiro atoms. The number of piperidine rings is 2. The van der Waals surface area contributed by atoms with Crippen molar-refractivity contribution in [3.63, 3.8) is 0 Å². The first-order valence-corrected chi connectivity index (χ1v) is 23.3. The van der Waals surface area contributed by atoms with E-state index < -0.39 is 24.3 Å². The molecule has 2 aromatic heterocycles. The molecule has 2 aliphatic carbocycles. The average molecular weight is 891 g/mol. The van der Waals surface area contributed by atoms with Crippen molar-refractivity contribution in [2.45, 2.75) is 103 Å². The summed E-state index contributed by atoms with van der Waals surface area (Å²) in [6.45, 7) is 12.0. The van der Waals surface area contributed by atoms with Gasteiger partial charge in [-0.25, -0.2) is 19.6 Å². The van der Waals surface area contributed by atoms with Gasteiger partial charge >= 0.3 is 12.2 Å². The van der Waals surface area contributed by atoms with Gasteiger partial charge in [0.05, 0.1) is 49.2 Å². The van der Waals surface area contributed by atoms with Crippen LogP contribution in [-0.2, 0) is 19.1 Å². The molecule has 2 saturated carbocycles. The van der Waals surface area contributed by atoms with E-state index >= 15 is 0 Å². The largest absolute Gasteiger partial charge is 0.453 e. The summed E-state index contributed by atoms with van der Waals surface area (Å²) in [5.41, 5.74) is 10.4. The number of likely N-dealkylation sites (tertiary alicyclic amines) is 2. The Morgan fingerprint density at radius 1 is 0.636 bits per heavy atom. The lowest BCUT2D eigenvalue weighted by Gasteiger charge is -2.31. The quantitative estimate of drug-likeness (QED) is 0.0997. The van der Waals surface area contributed by atoms with Gasteiger partial charge in [0.1, 0.15) is 23.7 Å². The van der Waals surface area contributed by atoms with Crippen molar-refractivity contribution >= 4 is 45.8 Å². The number of carbonyl (C=O) groups excluding carboxylic acids is 4. The Morgan fingerprint density at radius 3 is 1.67 bits per heavy atom. The van der Waals surface area contributed by atoms with E-state index in [9.17, 15) is 19.2 Å². The molecule has 0 bridgehead atoms. The predicted molar refractivity (Wildman–Crippen MR) is 252 cm³/mol. The number of methoxy groups -OCH3 is 2. The van der Waals surface area contributed by atoms with Crippen molar-refractivity contribution in [3.8, 4) is 33.5 Å². The summed E-state index contributed by atoms with van der Waals surface area (Å²) in [6.07, 6.45) is 4.23. The van der Waals surface area contributed by atoms with Crippen LogP contribution in [0.15, 0.2) is 72.9 Å². The number of benzene rings is 4. The Hall–Kier alpha value is -6.70. The SMILES string of the molecule is COC(=O)N[C@H](C(=O)N1C2CC2C[C@@H]1c1nc2ccc(-c3ccc(-c4ccc(-c5cnc([C@@H]6CC7CC7N6C(=O)[C@@H](NC(=O)OC)C(C)C)[nH]5)cc4)c4c(C)ccc(C)c34)cc2[nH]1)C(C)C. The monoisotopic (exact) mass is 890 g/mol. The molecule has 66 heavy (non-hydrogen) atoms. The third-order valence-corrected chi connectivity index (χ3v) is 14.6. The van der Waals surface area contributed by atoms with E-state index in [1.807, 2.05) is 43.7 Å². The third kappa shape index (κ3) is 7.53. The molecule has 14 heteroatoms. The molecule has 4 aliphatic rings. The zero-order valence-electron chi connectivity index (χ0n) is 38.8. The van der Waals surface area contributed by atoms with Gasteiger partial charge in [0.15, 0.2) is 0 Å². The van der Waals surface area contributed by atoms with Crippen molar-refractivity contribution in [1.82, 2.24) is 40.4 Å². The molecule has 10 rings (SSSR count). The lowest BCUT2D eigenvalue weighted by molar-refractivity contribution is -0.137. The standard InChI is InChI=1S/C52H58N8O6/c1-25(2)45(57-51(63)65-7)49(61)59-39-20-32(39)22-41(59)47-53-24-38(56-47)30-13-11-29(12-14-30)34-16-17-35(44-28(6)10-9-27(5)43(34)44)31-15-18-36-37(19-31)55-48(54-36)42-23-33-21-40(33)60(42)50(62)46(26(3)4)58-52(64)66-8/h9-19,24-26,32-33,39-42,45-46H,20-23H2,1-8H3,(H,53,56)(H,54,55)(H,57,63)(H,58,64)/t32?,33?,39?,40?,41-,42+,45-,46-/m0/s1. The van der Waals surface area contributed by atoms with Crippen LogP contribution in [0.1, 0.15) is 88.2 Å². The van der Waals surface area contributed by atoms with Crippen molar-refractivity contribution in [1.29, 1.82) is 0 Å². The van der Waals surface area contributed by atoms with Gasteiger partial charge in [0.25, 0.3) is 0 Å². The van der Waals surface area contributed by atoms with E-state index in [0.717, 1.165) is 81.9 Å². The number of fused-ring (bicyclic) bond motifs is 4. The molecule has 2 saturated heterocycles. The van der Waals surface area contributed by atoms with Gasteiger partial charge in [-0.15, -0.1) is 0 Å². The van der Waals surface area contributed by atoms with Crippen LogP contribution in [0.3, 0.4) is 0 Å². The van der Waals surface area contributed by atoms with Crippen LogP contribution in [0.25, 0.3) is 55.3 Å². The Bertz CT molecular complexity index is 2900. The van der Waals surface area contributed by atoms with Gasteiger partial charge in [-0.1, -0.05) is 82.3 Å². The summed E-state index contributed by atoms with van der Waals surface area (Å²) in [4.78, 5) is 73.2. The second kappa shape index (κ2) is 16.6. The smallest absolute Gasteiger partial charge is 0.407 e. The van der Waals surface area contributed by atoms with E-state index in [-0.39, 0.29) is 47.8 Å². The molecular formula is C52H58N8O6. The fourth-order valence-electron chi connectivity index (χ4n) is 10.9. The molecule has 4 heterocycles. The normalized spacial score (nSPS) is 22.6. The summed E-state index contributed by atoms with van der Waals surface area (Å²) in [5, 5.41) is 7.91. The fourth-order valence-corrected chi connectivity index (χ4v) is 10.9. The highest BCUT2D eigenvalue weighted by Gasteiger charge is 2.57. The summed E-state index contributed by atoms with van der Waals surface area (Å²) >= 11 is 0. The van der Waals surface area contributed by atoms with Gasteiger partial charge in [0, 0.05) is 12.1 Å². The van der Waals surface area contributed by atoms with Gasteiger partial charge in [-0.3, -0.25) is 9.59 Å². The van der Waals surface area contributed by atoms with Gasteiger partial charge in [0.2, 0.25) is 11.8 Å². The zero-order valence-corrected chi connectivity index (χ0v) is 38.8. The Labute approximate surface area is 384 Å². The number of rotatable bonds is 11. The molecule has 4 amide bonds. The number of nitrogens with zero attached hydrogens (tertiary/aromatic N) is 4. The van der Waals surface area contributed by atoms with Crippen LogP contribution in [0.4, 0.5) is 9.59 Å². The molecule has 4 unspecified atom stereocenters. The van der Waals surface area contributed by atoms with E-state index in [4.69, 9.17) is 19.4 Å². The highest BCUT2D eigenvalue weighted by atomic mass is 16.5. The third-order valence-electron chi connectivity index (χ3n) is 14.6. The van der Waals surface area contributed by atoms with Crippen molar-refractivity contribution < 1.29 is 28.7 Å². The van der Waals surface area contributed by atoms with Gasteiger partial charge in [-0.2, -0.15) is 0 Å². The highest BCUT2D eigenvalue weighted by molar-refractivity contribution is 6.09. The van der Waals surface area contributed by atoms with Crippen LogP contribution in [0.5, 0.6) is 0 Å². The number of H-pyrrole nitrogens is 2. The number of nitrogens with one attached hydrogen (secondary N) is 4. The topological polar surface area (TPSA) is 175 Å². The maximum absolute atomic E-state index is 14.0. The molecule has 0 radical (unpaired) electrons. The highest BCUT2D eigenvalue weighted by Crippen LogP contribution is 2.55. The molecule has 4 aromatic carbocycles. The van der Waals surface area contributed by atoms with Crippen LogP contribution < -0.4 is 10.6 Å². The Morgan fingerprint density at radius 2 is 1.14 bits per heavy atom. The molecule has 14 nitrogen and oxygen atoms in total. The number of ether oxygens (including phenoxy) is 2. The number of hydrogen-bond donors (Lipinski definition) is 4. The van der Waals surface area contributed by atoms with Gasteiger partial charge < -0.3 is 39.9 Å². The van der Waals surface area contributed by atoms with Crippen LogP contribution in [-0.4, -0.2) is 92.1 Å².